The van der Waals surface area contributed by atoms with Crippen molar-refractivity contribution in [3.05, 3.63) is 48.2 Å². The minimum atomic E-state index is -0.859. The van der Waals surface area contributed by atoms with E-state index in [0.717, 1.165) is 50.7 Å². The van der Waals surface area contributed by atoms with E-state index in [1.165, 1.54) is 6.07 Å². The summed E-state index contributed by atoms with van der Waals surface area (Å²) < 4.78 is 34.4. The molecule has 2 aliphatic heterocycles. The summed E-state index contributed by atoms with van der Waals surface area (Å²) in [5.41, 5.74) is 1.72. The summed E-state index contributed by atoms with van der Waals surface area (Å²) in [6.45, 7) is 3.34. The van der Waals surface area contributed by atoms with Crippen LogP contribution in [0.2, 0.25) is 0 Å². The molecule has 10 heteroatoms. The Kier molecular flexibility index (Phi) is 5.23. The molecule has 3 aliphatic rings. The molecule has 0 spiro atoms. The molecule has 1 saturated carbocycles. The molecule has 1 aromatic carbocycles. The number of anilines is 4. The molecule has 1 aliphatic carbocycles. The van der Waals surface area contributed by atoms with Crippen LogP contribution in [0.4, 0.5) is 32.1 Å². The Bertz CT molecular complexity index is 1190. The topological polar surface area (TPSA) is 71.3 Å². The van der Waals surface area contributed by atoms with Crippen LogP contribution in [-0.2, 0) is 6.54 Å². The standard InChI is InChI=1S/C24H27F2N7O/c1-34-21-12-17(7-8-27-21)31-13-15-3-4-16(14-31)22(15)28-23-29-24-32(9-2-10-33(24)30-23)18-5-6-19(25)20(26)11-18/h5-8,11-12,15-16,22H,2-4,9-10,13-14H2,1H3,(H,28,30)/t15-,16?,22-/m0/s1. The zero-order chi connectivity index (χ0) is 23.2. The summed E-state index contributed by atoms with van der Waals surface area (Å²) in [5.74, 6) is 1.16. The lowest BCUT2D eigenvalue weighted by molar-refractivity contribution is 0.374. The number of methoxy groups -OCH3 is 1. The van der Waals surface area contributed by atoms with Crippen molar-refractivity contribution in [1.29, 1.82) is 0 Å². The highest BCUT2D eigenvalue weighted by atomic mass is 19.2. The smallest absolute Gasteiger partial charge is 0.244 e. The summed E-state index contributed by atoms with van der Waals surface area (Å²) >= 11 is 0. The van der Waals surface area contributed by atoms with Gasteiger partial charge in [0, 0.05) is 61.9 Å². The van der Waals surface area contributed by atoms with E-state index in [1.54, 1.807) is 19.4 Å². The van der Waals surface area contributed by atoms with Crippen molar-refractivity contribution in [2.45, 2.75) is 31.8 Å². The van der Waals surface area contributed by atoms with E-state index in [-0.39, 0.29) is 0 Å². The zero-order valence-electron chi connectivity index (χ0n) is 19.0. The molecule has 3 aromatic rings. The number of piperidine rings is 1. The van der Waals surface area contributed by atoms with Gasteiger partial charge in [0.1, 0.15) is 0 Å². The van der Waals surface area contributed by atoms with Gasteiger partial charge in [-0.2, -0.15) is 4.98 Å². The fourth-order valence-corrected chi connectivity index (χ4v) is 5.65. The molecule has 1 unspecified atom stereocenters. The average Bonchev–Trinajstić information content (AvgIpc) is 3.36. The third kappa shape index (κ3) is 3.70. The Labute approximate surface area is 196 Å². The number of aromatic nitrogens is 4. The molecule has 1 N–H and O–H groups in total. The summed E-state index contributed by atoms with van der Waals surface area (Å²) in [6, 6.07) is 8.29. The number of pyridine rings is 1. The SMILES string of the molecule is COc1cc(N2CC3CC[C@@H](C2)[C@@H]3Nc2nc3n(n2)CCCN3c2ccc(F)c(F)c2)ccn1. The quantitative estimate of drug-likeness (QED) is 0.612. The van der Waals surface area contributed by atoms with Gasteiger partial charge in [0.25, 0.3) is 0 Å². The first-order valence-corrected chi connectivity index (χ1v) is 11.8. The van der Waals surface area contributed by atoms with Crippen molar-refractivity contribution in [1.82, 2.24) is 19.7 Å². The maximum Gasteiger partial charge on any atom is 0.244 e. The third-order valence-corrected chi connectivity index (χ3v) is 7.28. The highest BCUT2D eigenvalue weighted by Gasteiger charge is 2.43. The number of benzene rings is 1. The van der Waals surface area contributed by atoms with Crippen molar-refractivity contribution in [2.75, 3.05) is 41.9 Å². The summed E-state index contributed by atoms with van der Waals surface area (Å²) in [6.07, 6.45) is 4.97. The summed E-state index contributed by atoms with van der Waals surface area (Å²) in [7, 11) is 1.64. The van der Waals surface area contributed by atoms with Gasteiger partial charge < -0.3 is 19.9 Å². The zero-order valence-corrected chi connectivity index (χ0v) is 19.0. The molecule has 0 radical (unpaired) electrons. The first kappa shape index (κ1) is 21.1. The maximum absolute atomic E-state index is 13.8. The summed E-state index contributed by atoms with van der Waals surface area (Å²) in [5, 5.41) is 8.32. The number of nitrogens with one attached hydrogen (secondary N) is 1. The first-order chi connectivity index (χ1) is 16.6. The molecule has 4 heterocycles. The van der Waals surface area contributed by atoms with Gasteiger partial charge in [-0.1, -0.05) is 0 Å². The monoisotopic (exact) mass is 467 g/mol. The fraction of sp³-hybridized carbons (Fsp3) is 0.458. The lowest BCUT2D eigenvalue weighted by Crippen LogP contribution is -2.48. The van der Waals surface area contributed by atoms with E-state index < -0.39 is 11.6 Å². The van der Waals surface area contributed by atoms with Crippen molar-refractivity contribution >= 4 is 23.3 Å². The summed E-state index contributed by atoms with van der Waals surface area (Å²) in [4.78, 5) is 13.3. The number of hydrogen-bond acceptors (Lipinski definition) is 7. The molecular weight excluding hydrogens is 440 g/mol. The van der Waals surface area contributed by atoms with Crippen LogP contribution in [0.15, 0.2) is 36.5 Å². The second-order valence-corrected chi connectivity index (χ2v) is 9.29. The third-order valence-electron chi connectivity index (χ3n) is 7.28. The van der Waals surface area contributed by atoms with Crippen LogP contribution in [0, 0.1) is 23.5 Å². The number of hydrogen-bond donors (Lipinski definition) is 1. The number of aryl methyl sites for hydroxylation is 1. The Morgan fingerprint density at radius 1 is 1.00 bits per heavy atom. The minimum absolute atomic E-state index is 0.307. The van der Waals surface area contributed by atoms with Crippen LogP contribution in [0.25, 0.3) is 0 Å². The van der Waals surface area contributed by atoms with Gasteiger partial charge in [-0.15, -0.1) is 5.10 Å². The molecule has 178 valence electrons. The molecule has 8 nitrogen and oxygen atoms in total. The van der Waals surface area contributed by atoms with Crippen molar-refractivity contribution in [3.63, 3.8) is 0 Å². The second-order valence-electron chi connectivity index (χ2n) is 9.29. The predicted octanol–water partition coefficient (Wildman–Crippen LogP) is 3.83. The van der Waals surface area contributed by atoms with Crippen LogP contribution in [0.5, 0.6) is 5.88 Å². The van der Waals surface area contributed by atoms with E-state index in [9.17, 15) is 8.78 Å². The van der Waals surface area contributed by atoms with Crippen LogP contribution < -0.4 is 19.9 Å². The van der Waals surface area contributed by atoms with Gasteiger partial charge in [-0.3, -0.25) is 0 Å². The van der Waals surface area contributed by atoms with E-state index in [2.05, 4.69) is 15.2 Å². The number of nitrogens with zero attached hydrogens (tertiary/aromatic N) is 6. The van der Waals surface area contributed by atoms with E-state index in [1.807, 2.05) is 21.7 Å². The molecule has 2 fully saturated rings. The normalized spacial score (nSPS) is 23.7. The van der Waals surface area contributed by atoms with Crippen LogP contribution in [-0.4, -0.2) is 52.5 Å². The van der Waals surface area contributed by atoms with Gasteiger partial charge in [0.2, 0.25) is 17.8 Å². The van der Waals surface area contributed by atoms with E-state index >= 15 is 0 Å². The highest BCUT2D eigenvalue weighted by molar-refractivity contribution is 5.59. The molecule has 1 saturated heterocycles. The Balaban J connectivity index is 1.20. The Morgan fingerprint density at radius 3 is 2.59 bits per heavy atom. The molecule has 3 atom stereocenters. The van der Waals surface area contributed by atoms with Crippen molar-refractivity contribution in [3.8, 4) is 5.88 Å². The average molecular weight is 468 g/mol. The first-order valence-electron chi connectivity index (χ1n) is 11.8. The Morgan fingerprint density at radius 2 is 1.82 bits per heavy atom. The van der Waals surface area contributed by atoms with Crippen molar-refractivity contribution in [2.24, 2.45) is 11.8 Å². The van der Waals surface area contributed by atoms with E-state index in [0.29, 0.717) is 47.9 Å². The highest BCUT2D eigenvalue weighted by Crippen LogP contribution is 2.40. The molecular formula is C24H27F2N7O. The molecule has 2 bridgehead atoms. The molecule has 2 aromatic heterocycles. The lowest BCUT2D eigenvalue weighted by Gasteiger charge is -2.39. The minimum Gasteiger partial charge on any atom is -0.481 e. The van der Waals surface area contributed by atoms with Crippen LogP contribution >= 0.6 is 0 Å². The predicted molar refractivity (Wildman–Crippen MR) is 125 cm³/mol. The second kappa shape index (κ2) is 8.41. The fourth-order valence-electron chi connectivity index (χ4n) is 5.65. The van der Waals surface area contributed by atoms with E-state index in [4.69, 9.17) is 14.8 Å². The number of ether oxygens (including phenoxy) is 1. The molecule has 6 rings (SSSR count). The van der Waals surface area contributed by atoms with Gasteiger partial charge in [-0.25, -0.2) is 18.4 Å². The van der Waals surface area contributed by atoms with Gasteiger partial charge in [0.05, 0.1) is 7.11 Å². The van der Waals surface area contributed by atoms with Gasteiger partial charge >= 0.3 is 0 Å². The largest absolute Gasteiger partial charge is 0.481 e. The molecule has 0 amide bonds. The lowest BCUT2D eigenvalue weighted by atomic mass is 9.92. The Hall–Kier alpha value is -3.43. The van der Waals surface area contributed by atoms with Gasteiger partial charge in [-0.05, 0) is 49.3 Å². The number of rotatable bonds is 5. The van der Waals surface area contributed by atoms with Crippen LogP contribution in [0.1, 0.15) is 19.3 Å². The number of halogens is 2. The van der Waals surface area contributed by atoms with Crippen molar-refractivity contribution < 1.29 is 13.5 Å². The molecule has 34 heavy (non-hydrogen) atoms. The van der Waals surface area contributed by atoms with Gasteiger partial charge in [0.15, 0.2) is 11.6 Å². The van der Waals surface area contributed by atoms with Crippen LogP contribution in [0.3, 0.4) is 0 Å². The number of fused-ring (bicyclic) bond motifs is 3. The maximum atomic E-state index is 13.8.